The van der Waals surface area contributed by atoms with Crippen LogP contribution >= 0.6 is 0 Å². The molecule has 2 nitrogen and oxygen atoms in total. The minimum Gasteiger partial charge on any atom is -0.313 e. The quantitative estimate of drug-likeness (QED) is 0.827. The molecule has 0 bridgehead atoms. The highest BCUT2D eigenvalue weighted by Crippen LogP contribution is 2.25. The molecular weight excluding hydrogens is 239 g/mol. The van der Waals surface area contributed by atoms with Crippen molar-refractivity contribution in [3.8, 4) is 11.1 Å². The molecule has 19 heavy (non-hydrogen) atoms. The summed E-state index contributed by atoms with van der Waals surface area (Å²) in [6.45, 7) is 5.79. The third kappa shape index (κ3) is 3.61. The zero-order valence-corrected chi connectivity index (χ0v) is 11.4. The van der Waals surface area contributed by atoms with E-state index >= 15 is 0 Å². The number of pyridine rings is 1. The van der Waals surface area contributed by atoms with Gasteiger partial charge in [0.05, 0.1) is 0 Å². The van der Waals surface area contributed by atoms with Gasteiger partial charge in [-0.15, -0.1) is 0 Å². The lowest BCUT2D eigenvalue weighted by atomic mass is 9.99. The van der Waals surface area contributed by atoms with Gasteiger partial charge in [0.2, 0.25) is 0 Å². The van der Waals surface area contributed by atoms with Crippen LogP contribution in [0.2, 0.25) is 0 Å². The zero-order chi connectivity index (χ0) is 13.7. The molecule has 0 saturated heterocycles. The first kappa shape index (κ1) is 13.7. The Morgan fingerprint density at radius 1 is 1.21 bits per heavy atom. The highest BCUT2D eigenvalue weighted by molar-refractivity contribution is 5.67. The Morgan fingerprint density at radius 2 is 2.05 bits per heavy atom. The van der Waals surface area contributed by atoms with E-state index in [1.54, 1.807) is 12.3 Å². The van der Waals surface area contributed by atoms with Crippen LogP contribution in [0.15, 0.2) is 36.5 Å². The molecule has 0 unspecified atom stereocenters. The molecule has 1 aromatic heterocycles. The van der Waals surface area contributed by atoms with Crippen LogP contribution in [0.25, 0.3) is 11.1 Å². The summed E-state index contributed by atoms with van der Waals surface area (Å²) in [5, 5.41) is 3.36. The van der Waals surface area contributed by atoms with Crippen molar-refractivity contribution in [3.63, 3.8) is 0 Å². The van der Waals surface area contributed by atoms with Gasteiger partial charge in [-0.05, 0) is 60.8 Å². The van der Waals surface area contributed by atoms with Crippen LogP contribution in [0.5, 0.6) is 0 Å². The van der Waals surface area contributed by atoms with Gasteiger partial charge in [-0.1, -0.05) is 13.0 Å². The summed E-state index contributed by atoms with van der Waals surface area (Å²) in [7, 11) is 0. The second-order valence-electron chi connectivity index (χ2n) is 4.66. The van der Waals surface area contributed by atoms with Crippen molar-refractivity contribution in [2.24, 2.45) is 0 Å². The van der Waals surface area contributed by atoms with Crippen LogP contribution in [0, 0.1) is 12.7 Å². The van der Waals surface area contributed by atoms with Crippen LogP contribution in [-0.2, 0) is 6.54 Å². The molecule has 1 aromatic carbocycles. The molecule has 1 N–H and O–H groups in total. The fourth-order valence-corrected chi connectivity index (χ4v) is 2.08. The van der Waals surface area contributed by atoms with Crippen LogP contribution in [0.4, 0.5) is 4.39 Å². The Hall–Kier alpha value is -1.74. The van der Waals surface area contributed by atoms with E-state index in [9.17, 15) is 4.39 Å². The number of rotatable bonds is 5. The van der Waals surface area contributed by atoms with Gasteiger partial charge < -0.3 is 5.32 Å². The van der Waals surface area contributed by atoms with Gasteiger partial charge >= 0.3 is 0 Å². The Labute approximate surface area is 113 Å². The van der Waals surface area contributed by atoms with E-state index in [-0.39, 0.29) is 5.82 Å². The van der Waals surface area contributed by atoms with Crippen molar-refractivity contribution in [1.29, 1.82) is 0 Å². The largest absolute Gasteiger partial charge is 0.313 e. The summed E-state index contributed by atoms with van der Waals surface area (Å²) >= 11 is 0. The molecule has 2 aromatic rings. The van der Waals surface area contributed by atoms with Crippen molar-refractivity contribution in [2.75, 3.05) is 6.54 Å². The lowest BCUT2D eigenvalue weighted by Gasteiger charge is -2.11. The SMILES string of the molecule is CCCNCc1ccc(F)cc1-c1ccnc(C)c1. The summed E-state index contributed by atoms with van der Waals surface area (Å²) in [4.78, 5) is 4.18. The topological polar surface area (TPSA) is 24.9 Å². The van der Waals surface area contributed by atoms with Crippen LogP contribution in [0.1, 0.15) is 24.6 Å². The van der Waals surface area contributed by atoms with E-state index in [1.165, 1.54) is 6.07 Å². The molecule has 0 amide bonds. The predicted molar refractivity (Wildman–Crippen MR) is 76.4 cm³/mol. The molecule has 0 spiro atoms. The Kier molecular flexibility index (Phi) is 4.63. The molecule has 0 radical (unpaired) electrons. The van der Waals surface area contributed by atoms with Gasteiger partial charge in [0.15, 0.2) is 0 Å². The Balaban J connectivity index is 2.34. The first-order chi connectivity index (χ1) is 9.20. The number of benzene rings is 1. The number of nitrogens with zero attached hydrogens (tertiary/aromatic N) is 1. The molecule has 0 fully saturated rings. The van der Waals surface area contributed by atoms with Gasteiger partial charge in [0, 0.05) is 18.4 Å². The number of aromatic nitrogens is 1. The summed E-state index contributed by atoms with van der Waals surface area (Å²) in [6, 6.07) is 8.87. The van der Waals surface area contributed by atoms with Gasteiger partial charge in [-0.25, -0.2) is 4.39 Å². The maximum absolute atomic E-state index is 13.5. The molecule has 0 saturated carbocycles. The average molecular weight is 258 g/mol. The number of hydrogen-bond donors (Lipinski definition) is 1. The van der Waals surface area contributed by atoms with Crippen molar-refractivity contribution in [1.82, 2.24) is 10.3 Å². The molecule has 100 valence electrons. The first-order valence-electron chi connectivity index (χ1n) is 6.63. The Bertz CT molecular complexity index is 552. The molecule has 3 heteroatoms. The van der Waals surface area contributed by atoms with Gasteiger partial charge in [0.1, 0.15) is 5.82 Å². The fraction of sp³-hybridized carbons (Fsp3) is 0.312. The molecule has 0 aliphatic rings. The van der Waals surface area contributed by atoms with E-state index in [2.05, 4.69) is 17.2 Å². The molecule has 0 aliphatic heterocycles. The van der Waals surface area contributed by atoms with Crippen molar-refractivity contribution < 1.29 is 4.39 Å². The van der Waals surface area contributed by atoms with Gasteiger partial charge in [-0.2, -0.15) is 0 Å². The maximum atomic E-state index is 13.5. The van der Waals surface area contributed by atoms with E-state index in [0.29, 0.717) is 0 Å². The third-order valence-electron chi connectivity index (χ3n) is 3.02. The number of hydrogen-bond acceptors (Lipinski definition) is 2. The van der Waals surface area contributed by atoms with E-state index < -0.39 is 0 Å². The number of halogens is 1. The second kappa shape index (κ2) is 6.43. The zero-order valence-electron chi connectivity index (χ0n) is 11.4. The summed E-state index contributed by atoms with van der Waals surface area (Å²) < 4.78 is 13.5. The normalized spacial score (nSPS) is 10.7. The third-order valence-corrected chi connectivity index (χ3v) is 3.02. The standard InChI is InChI=1S/C16H19FN2/c1-3-7-18-11-14-4-5-15(17)10-16(14)13-6-8-19-12(2)9-13/h4-6,8-10,18H,3,7,11H2,1-2H3. The molecule has 1 heterocycles. The van der Waals surface area contributed by atoms with Gasteiger partial charge in [-0.3, -0.25) is 4.98 Å². The Morgan fingerprint density at radius 3 is 2.79 bits per heavy atom. The van der Waals surface area contributed by atoms with Crippen molar-refractivity contribution in [2.45, 2.75) is 26.8 Å². The maximum Gasteiger partial charge on any atom is 0.123 e. The fourth-order valence-electron chi connectivity index (χ4n) is 2.08. The minimum absolute atomic E-state index is 0.205. The lowest BCUT2D eigenvalue weighted by molar-refractivity contribution is 0.625. The van der Waals surface area contributed by atoms with Crippen molar-refractivity contribution >= 4 is 0 Å². The molecule has 2 rings (SSSR count). The summed E-state index contributed by atoms with van der Waals surface area (Å²) in [5.74, 6) is -0.205. The summed E-state index contributed by atoms with van der Waals surface area (Å²) in [6.07, 6.45) is 2.85. The predicted octanol–water partition coefficient (Wildman–Crippen LogP) is 3.70. The number of aryl methyl sites for hydroxylation is 1. The average Bonchev–Trinajstić information content (AvgIpc) is 2.40. The van der Waals surface area contributed by atoms with Gasteiger partial charge in [0.25, 0.3) is 0 Å². The molecular formula is C16H19FN2. The van der Waals surface area contributed by atoms with E-state index in [1.807, 2.05) is 25.1 Å². The smallest absolute Gasteiger partial charge is 0.123 e. The summed E-state index contributed by atoms with van der Waals surface area (Å²) in [5.41, 5.74) is 4.00. The van der Waals surface area contributed by atoms with Crippen LogP contribution < -0.4 is 5.32 Å². The second-order valence-corrected chi connectivity index (χ2v) is 4.66. The van der Waals surface area contributed by atoms with Crippen molar-refractivity contribution in [3.05, 3.63) is 53.6 Å². The van der Waals surface area contributed by atoms with E-state index in [4.69, 9.17) is 0 Å². The van der Waals surface area contributed by atoms with E-state index in [0.717, 1.165) is 41.9 Å². The highest BCUT2D eigenvalue weighted by Gasteiger charge is 2.07. The highest BCUT2D eigenvalue weighted by atomic mass is 19.1. The monoisotopic (exact) mass is 258 g/mol. The minimum atomic E-state index is -0.205. The first-order valence-corrected chi connectivity index (χ1v) is 6.63. The van der Waals surface area contributed by atoms with Crippen LogP contribution in [-0.4, -0.2) is 11.5 Å². The number of nitrogens with one attached hydrogen (secondary N) is 1. The molecule has 0 atom stereocenters. The van der Waals surface area contributed by atoms with Crippen LogP contribution in [0.3, 0.4) is 0 Å². The molecule has 0 aliphatic carbocycles. The lowest BCUT2D eigenvalue weighted by Crippen LogP contribution is -2.14.